The molecular weight excluding hydrogens is 224 g/mol. The van der Waals surface area contributed by atoms with Gasteiger partial charge in [0.05, 0.1) is 5.66 Å². The highest BCUT2D eigenvalue weighted by atomic mass is 15.2. The Morgan fingerprint density at radius 3 is 2.06 bits per heavy atom. The van der Waals surface area contributed by atoms with Crippen LogP contribution in [0.25, 0.3) is 0 Å². The minimum Gasteiger partial charge on any atom is -0.330 e. The molecule has 0 heterocycles. The van der Waals surface area contributed by atoms with E-state index in [1.54, 1.807) is 0 Å². The van der Waals surface area contributed by atoms with Crippen molar-refractivity contribution in [2.24, 2.45) is 11.5 Å². The second-order valence-corrected chi connectivity index (χ2v) is 5.12. The molecule has 0 bridgehead atoms. The van der Waals surface area contributed by atoms with Gasteiger partial charge >= 0.3 is 0 Å². The van der Waals surface area contributed by atoms with Crippen molar-refractivity contribution in [3.05, 3.63) is 0 Å². The van der Waals surface area contributed by atoms with Crippen molar-refractivity contribution in [3.63, 3.8) is 0 Å². The molecule has 0 aliphatic rings. The summed E-state index contributed by atoms with van der Waals surface area (Å²) < 4.78 is 0. The zero-order valence-corrected chi connectivity index (χ0v) is 12.6. The van der Waals surface area contributed by atoms with Gasteiger partial charge < -0.3 is 11.5 Å². The van der Waals surface area contributed by atoms with Crippen molar-refractivity contribution in [1.29, 1.82) is 0 Å². The third-order valence-corrected chi connectivity index (χ3v) is 3.43. The van der Waals surface area contributed by atoms with E-state index < -0.39 is 0 Å². The third-order valence-electron chi connectivity index (χ3n) is 3.43. The van der Waals surface area contributed by atoms with Gasteiger partial charge in [0.25, 0.3) is 0 Å². The summed E-state index contributed by atoms with van der Waals surface area (Å²) in [5.74, 6) is 0. The van der Waals surface area contributed by atoms with E-state index in [1.807, 2.05) is 0 Å². The summed E-state index contributed by atoms with van der Waals surface area (Å²) in [6.45, 7) is 9.29. The first kappa shape index (κ1) is 17.8. The topological polar surface area (TPSA) is 76.1 Å². The molecule has 0 fully saturated rings. The van der Waals surface area contributed by atoms with Crippen molar-refractivity contribution in [2.75, 3.05) is 19.6 Å². The van der Waals surface area contributed by atoms with E-state index in [0.717, 1.165) is 51.7 Å². The van der Waals surface area contributed by atoms with Crippen molar-refractivity contribution in [3.8, 4) is 0 Å². The maximum Gasteiger partial charge on any atom is 0.0687 e. The molecule has 18 heavy (non-hydrogen) atoms. The first-order chi connectivity index (χ1) is 8.64. The number of nitrogens with one attached hydrogen (secondary N) is 2. The van der Waals surface area contributed by atoms with E-state index in [2.05, 4.69) is 31.4 Å². The first-order valence-corrected chi connectivity index (χ1v) is 7.59. The SMILES string of the molecule is CCCC(CCC(N)CCCN)(NCC)NCC. The van der Waals surface area contributed by atoms with Crippen LogP contribution >= 0.6 is 0 Å². The Bertz CT molecular complexity index is 168. The number of rotatable bonds is 12. The Kier molecular flexibility index (Phi) is 10.6. The molecule has 0 spiro atoms. The Morgan fingerprint density at radius 2 is 1.61 bits per heavy atom. The molecule has 0 rings (SSSR count). The maximum absolute atomic E-state index is 6.14. The van der Waals surface area contributed by atoms with Gasteiger partial charge in [0.1, 0.15) is 0 Å². The highest BCUT2D eigenvalue weighted by Crippen LogP contribution is 2.18. The molecule has 0 amide bonds. The van der Waals surface area contributed by atoms with Gasteiger partial charge in [-0.3, -0.25) is 10.6 Å². The van der Waals surface area contributed by atoms with Crippen LogP contribution in [0.4, 0.5) is 0 Å². The van der Waals surface area contributed by atoms with Crippen LogP contribution in [0.5, 0.6) is 0 Å². The quantitative estimate of drug-likeness (QED) is 0.401. The molecule has 0 saturated heterocycles. The average molecular weight is 258 g/mol. The molecule has 1 atom stereocenters. The average Bonchev–Trinajstić information content (AvgIpc) is 2.35. The zero-order chi connectivity index (χ0) is 13.9. The first-order valence-electron chi connectivity index (χ1n) is 7.59. The summed E-state index contributed by atoms with van der Waals surface area (Å²) in [5.41, 5.74) is 11.7. The lowest BCUT2D eigenvalue weighted by molar-refractivity contribution is 0.214. The van der Waals surface area contributed by atoms with Crippen molar-refractivity contribution in [2.45, 2.75) is 71.0 Å². The molecule has 1 unspecified atom stereocenters. The minimum absolute atomic E-state index is 0.0680. The largest absolute Gasteiger partial charge is 0.330 e. The fourth-order valence-electron chi connectivity index (χ4n) is 2.60. The summed E-state index contributed by atoms with van der Waals surface area (Å²) in [7, 11) is 0. The van der Waals surface area contributed by atoms with Crippen LogP contribution in [0, 0.1) is 0 Å². The van der Waals surface area contributed by atoms with Gasteiger partial charge in [0.2, 0.25) is 0 Å². The van der Waals surface area contributed by atoms with Crippen molar-refractivity contribution in [1.82, 2.24) is 10.6 Å². The second-order valence-electron chi connectivity index (χ2n) is 5.12. The number of hydrogen-bond donors (Lipinski definition) is 4. The highest BCUT2D eigenvalue weighted by molar-refractivity contribution is 4.85. The fraction of sp³-hybridized carbons (Fsp3) is 1.00. The summed E-state index contributed by atoms with van der Waals surface area (Å²) in [6.07, 6.45) is 6.55. The third kappa shape index (κ3) is 7.31. The van der Waals surface area contributed by atoms with Gasteiger partial charge in [-0.2, -0.15) is 0 Å². The molecule has 0 radical (unpaired) electrons. The lowest BCUT2D eigenvalue weighted by atomic mass is 9.93. The number of nitrogens with two attached hydrogens (primary N) is 2. The fourth-order valence-corrected chi connectivity index (χ4v) is 2.60. The van der Waals surface area contributed by atoms with E-state index >= 15 is 0 Å². The van der Waals surface area contributed by atoms with Gasteiger partial charge in [-0.25, -0.2) is 0 Å². The Hall–Kier alpha value is -0.160. The molecule has 0 aromatic heterocycles. The van der Waals surface area contributed by atoms with Crippen LogP contribution in [-0.4, -0.2) is 31.3 Å². The van der Waals surface area contributed by atoms with Crippen LogP contribution in [0.2, 0.25) is 0 Å². The molecule has 6 N–H and O–H groups in total. The minimum atomic E-state index is 0.0680. The van der Waals surface area contributed by atoms with Crippen LogP contribution < -0.4 is 22.1 Å². The van der Waals surface area contributed by atoms with Crippen LogP contribution in [-0.2, 0) is 0 Å². The van der Waals surface area contributed by atoms with E-state index in [-0.39, 0.29) is 11.7 Å². The molecule has 4 heteroatoms. The summed E-state index contributed by atoms with van der Waals surface area (Å²) in [6, 6.07) is 0.280. The lowest BCUT2D eigenvalue weighted by Gasteiger charge is -2.36. The Balaban J connectivity index is 4.27. The van der Waals surface area contributed by atoms with Gasteiger partial charge in [-0.15, -0.1) is 0 Å². The Morgan fingerprint density at radius 1 is 1.00 bits per heavy atom. The number of hydrogen-bond acceptors (Lipinski definition) is 4. The van der Waals surface area contributed by atoms with Crippen LogP contribution in [0.3, 0.4) is 0 Å². The smallest absolute Gasteiger partial charge is 0.0687 e. The zero-order valence-electron chi connectivity index (χ0n) is 12.6. The van der Waals surface area contributed by atoms with E-state index in [0.29, 0.717) is 0 Å². The molecule has 4 nitrogen and oxygen atoms in total. The predicted molar refractivity (Wildman–Crippen MR) is 80.5 cm³/mol. The van der Waals surface area contributed by atoms with Gasteiger partial charge in [-0.05, 0) is 51.7 Å². The maximum atomic E-state index is 6.14. The van der Waals surface area contributed by atoms with Gasteiger partial charge in [0, 0.05) is 6.04 Å². The van der Waals surface area contributed by atoms with Gasteiger partial charge in [-0.1, -0.05) is 27.2 Å². The Labute approximate surface area is 113 Å². The molecule has 0 aliphatic heterocycles. The predicted octanol–water partition coefficient (Wildman–Crippen LogP) is 1.55. The second kappa shape index (κ2) is 10.7. The van der Waals surface area contributed by atoms with Crippen LogP contribution in [0.15, 0.2) is 0 Å². The normalized spacial score (nSPS) is 13.8. The lowest BCUT2D eigenvalue weighted by Crippen LogP contribution is -2.57. The molecular formula is C14H34N4. The standard InChI is InChI=1S/C14H34N4/c1-4-10-14(17-5-2,18-6-3)11-9-13(16)8-7-12-15/h13,17-18H,4-12,15-16H2,1-3H3. The molecule has 0 aromatic carbocycles. The van der Waals surface area contributed by atoms with Crippen LogP contribution in [0.1, 0.15) is 59.3 Å². The molecule has 0 saturated carbocycles. The van der Waals surface area contributed by atoms with Crippen molar-refractivity contribution < 1.29 is 0 Å². The van der Waals surface area contributed by atoms with E-state index in [1.165, 1.54) is 6.42 Å². The summed E-state index contributed by atoms with van der Waals surface area (Å²) >= 11 is 0. The van der Waals surface area contributed by atoms with E-state index in [9.17, 15) is 0 Å². The highest BCUT2D eigenvalue weighted by Gasteiger charge is 2.26. The molecule has 0 aliphatic carbocycles. The van der Waals surface area contributed by atoms with Gasteiger partial charge in [0.15, 0.2) is 0 Å². The summed E-state index contributed by atoms with van der Waals surface area (Å²) in [5, 5.41) is 7.24. The molecule has 110 valence electrons. The molecule has 0 aromatic rings. The van der Waals surface area contributed by atoms with Crippen molar-refractivity contribution >= 4 is 0 Å². The van der Waals surface area contributed by atoms with E-state index in [4.69, 9.17) is 11.5 Å². The summed E-state index contributed by atoms with van der Waals surface area (Å²) in [4.78, 5) is 0. The monoisotopic (exact) mass is 258 g/mol.